The van der Waals surface area contributed by atoms with E-state index in [9.17, 15) is 8.42 Å². The van der Waals surface area contributed by atoms with Crippen LogP contribution in [0.5, 0.6) is 17.2 Å². The smallest absolute Gasteiger partial charge is 0.276 e. The molecule has 2 rings (SSSR count). The predicted octanol–water partition coefficient (Wildman–Crippen LogP) is 5.31. The number of hydrogen-bond acceptors (Lipinski definition) is 6. The van der Waals surface area contributed by atoms with Gasteiger partial charge in [0.15, 0.2) is 11.5 Å². The molecule has 0 radical (unpaired) electrons. The van der Waals surface area contributed by atoms with Crippen molar-refractivity contribution in [2.24, 2.45) is 11.0 Å². The maximum absolute atomic E-state index is 12.6. The van der Waals surface area contributed by atoms with E-state index >= 15 is 0 Å². The Kier molecular flexibility index (Phi) is 10.0. The number of sulfonamides is 1. The summed E-state index contributed by atoms with van der Waals surface area (Å²) in [6.07, 6.45) is 4.42. The summed E-state index contributed by atoms with van der Waals surface area (Å²) in [5.74, 6) is 1.92. The van der Waals surface area contributed by atoms with Gasteiger partial charge in [-0.3, -0.25) is 0 Å². The number of methoxy groups -OCH3 is 2. The van der Waals surface area contributed by atoms with Crippen LogP contribution < -0.4 is 19.0 Å². The fraction of sp³-hybridized carbons (Fsp3) is 0.480. The Bertz CT molecular complexity index is 1030. The molecule has 1 unspecified atom stereocenters. The molecule has 0 fully saturated rings. The average Bonchev–Trinajstić information content (AvgIpc) is 2.82. The molecule has 1 atom stereocenters. The first-order chi connectivity index (χ1) is 15.8. The van der Waals surface area contributed by atoms with Crippen LogP contribution in [-0.4, -0.2) is 35.0 Å². The molecule has 0 saturated carbocycles. The van der Waals surface area contributed by atoms with Crippen LogP contribution in [0.2, 0.25) is 0 Å². The fourth-order valence-corrected chi connectivity index (χ4v) is 4.24. The van der Waals surface area contributed by atoms with E-state index in [1.54, 1.807) is 57.5 Å². The first kappa shape index (κ1) is 26.5. The lowest BCUT2D eigenvalue weighted by atomic mass is 10.0. The van der Waals surface area contributed by atoms with E-state index in [-0.39, 0.29) is 4.90 Å². The summed E-state index contributed by atoms with van der Waals surface area (Å²) in [5, 5.41) is 4.12. The van der Waals surface area contributed by atoms with Crippen LogP contribution in [-0.2, 0) is 10.0 Å². The lowest BCUT2D eigenvalue weighted by molar-refractivity contribution is 0.215. The van der Waals surface area contributed by atoms with Gasteiger partial charge in [0, 0.05) is 5.56 Å². The van der Waals surface area contributed by atoms with E-state index < -0.39 is 10.0 Å². The molecule has 0 aliphatic carbocycles. The molecule has 0 aliphatic rings. The lowest BCUT2D eigenvalue weighted by Crippen LogP contribution is -2.20. The van der Waals surface area contributed by atoms with Crippen molar-refractivity contribution in [1.82, 2.24) is 4.83 Å². The Morgan fingerprint density at radius 1 is 1.03 bits per heavy atom. The maximum atomic E-state index is 12.6. The van der Waals surface area contributed by atoms with Crippen molar-refractivity contribution in [3.8, 4) is 17.2 Å². The minimum atomic E-state index is -3.79. The molecule has 0 spiro atoms. The quantitative estimate of drug-likeness (QED) is 0.313. The number of nitrogens with zero attached hydrogens (tertiary/aromatic N) is 1. The molecule has 0 heterocycles. The van der Waals surface area contributed by atoms with Gasteiger partial charge < -0.3 is 14.2 Å². The number of unbranched alkanes of at least 4 members (excludes halogenated alkanes) is 1. The highest BCUT2D eigenvalue weighted by atomic mass is 32.2. The third-order valence-electron chi connectivity index (χ3n) is 5.56. The summed E-state index contributed by atoms with van der Waals surface area (Å²) in [4.78, 5) is 2.45. The minimum absolute atomic E-state index is 0.146. The number of hydrazone groups is 1. The first-order valence-corrected chi connectivity index (χ1v) is 12.8. The summed E-state index contributed by atoms with van der Waals surface area (Å²) < 4.78 is 42.5. The van der Waals surface area contributed by atoms with Gasteiger partial charge in [0.05, 0.1) is 31.4 Å². The van der Waals surface area contributed by atoms with E-state index in [1.165, 1.54) is 0 Å². The van der Waals surface area contributed by atoms with Crippen LogP contribution in [0.3, 0.4) is 0 Å². The average molecular weight is 477 g/mol. The zero-order valence-electron chi connectivity index (χ0n) is 20.5. The molecule has 0 amide bonds. The highest BCUT2D eigenvalue weighted by molar-refractivity contribution is 7.89. The van der Waals surface area contributed by atoms with Gasteiger partial charge in [-0.2, -0.15) is 18.4 Å². The number of benzene rings is 2. The second-order valence-electron chi connectivity index (χ2n) is 8.01. The van der Waals surface area contributed by atoms with Gasteiger partial charge in [-0.05, 0) is 50.5 Å². The topological polar surface area (TPSA) is 86.2 Å². The van der Waals surface area contributed by atoms with Gasteiger partial charge in [-0.15, -0.1) is 0 Å². The highest BCUT2D eigenvalue weighted by Gasteiger charge is 2.20. The molecule has 0 saturated heterocycles. The van der Waals surface area contributed by atoms with Crippen LogP contribution in [0.1, 0.15) is 57.6 Å². The molecule has 0 aliphatic heterocycles. The van der Waals surface area contributed by atoms with Gasteiger partial charge in [-0.25, -0.2) is 0 Å². The number of aryl methyl sites for hydroxylation is 1. The summed E-state index contributed by atoms with van der Waals surface area (Å²) in [6, 6.07) is 10.1. The SMILES string of the molecule is CCCCC(CC)COc1c(OC)ccc(/C(C)=N/NS(=O)(=O)c2ccc(C)cc2)c1OC. The maximum Gasteiger partial charge on any atom is 0.276 e. The van der Waals surface area contributed by atoms with E-state index in [0.717, 1.165) is 31.2 Å². The van der Waals surface area contributed by atoms with Crippen LogP contribution in [0.15, 0.2) is 46.4 Å². The molecule has 8 heteroatoms. The lowest BCUT2D eigenvalue weighted by Gasteiger charge is -2.20. The Hall–Kier alpha value is -2.74. The van der Waals surface area contributed by atoms with Gasteiger partial charge in [0.1, 0.15) is 0 Å². The number of nitrogens with one attached hydrogen (secondary N) is 1. The van der Waals surface area contributed by atoms with Crippen molar-refractivity contribution in [2.45, 2.75) is 58.3 Å². The van der Waals surface area contributed by atoms with Crippen molar-refractivity contribution in [2.75, 3.05) is 20.8 Å². The highest BCUT2D eigenvalue weighted by Crippen LogP contribution is 2.40. The third kappa shape index (κ3) is 7.12. The van der Waals surface area contributed by atoms with Gasteiger partial charge in [0.25, 0.3) is 10.0 Å². The number of hydrogen-bond donors (Lipinski definition) is 1. The Balaban J connectivity index is 2.31. The van der Waals surface area contributed by atoms with Gasteiger partial charge >= 0.3 is 0 Å². The minimum Gasteiger partial charge on any atom is -0.493 e. The molecular formula is C25H36N2O5S. The second kappa shape index (κ2) is 12.5. The van der Waals surface area contributed by atoms with Crippen LogP contribution in [0.4, 0.5) is 0 Å². The van der Waals surface area contributed by atoms with E-state index in [2.05, 4.69) is 23.8 Å². The Labute approximate surface area is 198 Å². The zero-order valence-corrected chi connectivity index (χ0v) is 21.3. The van der Waals surface area contributed by atoms with Crippen LogP contribution >= 0.6 is 0 Å². The largest absolute Gasteiger partial charge is 0.493 e. The first-order valence-electron chi connectivity index (χ1n) is 11.3. The van der Waals surface area contributed by atoms with Gasteiger partial charge in [-0.1, -0.05) is 50.8 Å². The standard InChI is InChI=1S/C25H36N2O5S/c1-7-9-10-20(8-2)17-32-25-23(30-5)16-15-22(24(25)31-6)19(4)26-27-33(28,29)21-13-11-18(3)12-14-21/h11-16,20,27H,7-10,17H2,1-6H3/b26-19+. The molecule has 7 nitrogen and oxygen atoms in total. The van der Waals surface area contributed by atoms with E-state index in [1.807, 2.05) is 6.92 Å². The normalized spacial score (nSPS) is 12.8. The van der Waals surface area contributed by atoms with Crippen molar-refractivity contribution in [3.63, 3.8) is 0 Å². The van der Waals surface area contributed by atoms with Crippen molar-refractivity contribution in [1.29, 1.82) is 0 Å². The van der Waals surface area contributed by atoms with Crippen molar-refractivity contribution < 1.29 is 22.6 Å². The number of rotatable bonds is 13. The van der Waals surface area contributed by atoms with Crippen molar-refractivity contribution in [3.05, 3.63) is 47.5 Å². The van der Waals surface area contributed by atoms with Gasteiger partial charge in [0.2, 0.25) is 5.75 Å². The van der Waals surface area contributed by atoms with E-state index in [4.69, 9.17) is 14.2 Å². The van der Waals surface area contributed by atoms with Crippen LogP contribution in [0, 0.1) is 12.8 Å². The Morgan fingerprint density at radius 2 is 1.73 bits per heavy atom. The second-order valence-corrected chi connectivity index (χ2v) is 9.67. The molecule has 182 valence electrons. The molecule has 33 heavy (non-hydrogen) atoms. The molecule has 2 aromatic carbocycles. The third-order valence-corrected chi connectivity index (χ3v) is 6.79. The molecule has 2 aromatic rings. The summed E-state index contributed by atoms with van der Waals surface area (Å²) in [7, 11) is -0.670. The number of ether oxygens (including phenoxy) is 3. The molecular weight excluding hydrogens is 440 g/mol. The molecule has 0 bridgehead atoms. The monoisotopic (exact) mass is 476 g/mol. The predicted molar refractivity (Wildman–Crippen MR) is 132 cm³/mol. The molecule has 0 aromatic heterocycles. The van der Waals surface area contributed by atoms with E-state index in [0.29, 0.717) is 41.0 Å². The zero-order chi connectivity index (χ0) is 24.4. The Morgan fingerprint density at radius 3 is 2.30 bits per heavy atom. The van der Waals surface area contributed by atoms with Crippen LogP contribution in [0.25, 0.3) is 0 Å². The van der Waals surface area contributed by atoms with Crippen molar-refractivity contribution >= 4 is 15.7 Å². The summed E-state index contributed by atoms with van der Waals surface area (Å²) in [5.41, 5.74) is 2.03. The summed E-state index contributed by atoms with van der Waals surface area (Å²) >= 11 is 0. The fourth-order valence-electron chi connectivity index (χ4n) is 3.39. The molecule has 1 N–H and O–H groups in total. The summed E-state index contributed by atoms with van der Waals surface area (Å²) in [6.45, 7) is 8.49.